The number of hydrogen-bond donors (Lipinski definition) is 0. The number of hydrogen-bond acceptors (Lipinski definition) is 4. The lowest BCUT2D eigenvalue weighted by atomic mass is 9.95. The number of nitrogens with zero attached hydrogens (tertiary/aromatic N) is 4. The fourth-order valence-corrected chi connectivity index (χ4v) is 5.19. The molecule has 0 aliphatic carbocycles. The summed E-state index contributed by atoms with van der Waals surface area (Å²) < 4.78 is 29.1. The highest BCUT2D eigenvalue weighted by atomic mass is 32.2. The van der Waals surface area contributed by atoms with E-state index in [0.717, 1.165) is 29.8 Å². The molecule has 1 saturated heterocycles. The van der Waals surface area contributed by atoms with Crippen LogP contribution in [0.15, 0.2) is 60.0 Å². The van der Waals surface area contributed by atoms with Gasteiger partial charge in [-0.05, 0) is 38.0 Å². The summed E-state index contributed by atoms with van der Waals surface area (Å²) in [4.78, 5) is 8.90. The smallest absolute Gasteiger partial charge is 0.262 e. The number of rotatable bonds is 4. The van der Waals surface area contributed by atoms with Gasteiger partial charge >= 0.3 is 0 Å². The molecule has 2 aromatic heterocycles. The summed E-state index contributed by atoms with van der Waals surface area (Å²) in [5, 5.41) is 0.108. The van der Waals surface area contributed by atoms with E-state index in [1.807, 2.05) is 24.3 Å². The minimum absolute atomic E-state index is 0.0806. The van der Waals surface area contributed by atoms with Gasteiger partial charge in [0.1, 0.15) is 0 Å². The summed E-state index contributed by atoms with van der Waals surface area (Å²) in [7, 11) is -1.81. The monoisotopic (exact) mass is 396 g/mol. The first-order valence-corrected chi connectivity index (χ1v) is 10.9. The maximum absolute atomic E-state index is 12.9. The van der Waals surface area contributed by atoms with Crippen molar-refractivity contribution in [2.45, 2.75) is 30.7 Å². The second-order valence-electron chi connectivity index (χ2n) is 7.40. The van der Waals surface area contributed by atoms with E-state index in [1.165, 1.54) is 11.9 Å². The molecule has 4 rings (SSSR count). The van der Waals surface area contributed by atoms with E-state index in [4.69, 9.17) is 4.98 Å². The standard InChI is InChI=1S/C21H24N4O2S/c1-16-6-3-7-17(12-16)19-9-4-10-20(23-19)18-8-5-11-25(13-18)28(26,27)21-14-24(2)15-22-21/h3-4,6-7,9-10,12,14-15,18H,5,8,11,13H2,1-2H3. The molecule has 1 aromatic carbocycles. The van der Waals surface area contributed by atoms with Crippen molar-refractivity contribution >= 4 is 10.0 Å². The minimum atomic E-state index is -3.58. The third-order valence-electron chi connectivity index (χ3n) is 5.17. The van der Waals surface area contributed by atoms with E-state index >= 15 is 0 Å². The number of aryl methyl sites for hydroxylation is 2. The maximum atomic E-state index is 12.9. The Labute approximate surface area is 165 Å². The highest BCUT2D eigenvalue weighted by Gasteiger charge is 2.32. The van der Waals surface area contributed by atoms with E-state index < -0.39 is 10.0 Å². The molecule has 28 heavy (non-hydrogen) atoms. The van der Waals surface area contributed by atoms with Crippen LogP contribution in [0, 0.1) is 6.92 Å². The molecule has 0 saturated carbocycles. The number of pyridine rings is 1. The maximum Gasteiger partial charge on any atom is 0.262 e. The number of piperidine rings is 1. The van der Waals surface area contributed by atoms with Crippen molar-refractivity contribution in [1.82, 2.24) is 18.8 Å². The summed E-state index contributed by atoms with van der Waals surface area (Å²) in [6, 6.07) is 14.3. The number of sulfonamides is 1. The van der Waals surface area contributed by atoms with Crippen LogP contribution >= 0.6 is 0 Å². The molecule has 6 nitrogen and oxygen atoms in total. The molecule has 3 heterocycles. The first-order chi connectivity index (χ1) is 13.4. The molecular formula is C21H24N4O2S. The molecular weight excluding hydrogens is 372 g/mol. The molecule has 1 aliphatic heterocycles. The summed E-state index contributed by atoms with van der Waals surface area (Å²) >= 11 is 0. The molecule has 7 heteroatoms. The SMILES string of the molecule is Cc1cccc(-c2cccc(C3CCCN(S(=O)(=O)c4cn(C)cn4)C3)n2)c1. The third kappa shape index (κ3) is 3.72. The molecule has 0 radical (unpaired) electrons. The van der Waals surface area contributed by atoms with Gasteiger partial charge in [0.2, 0.25) is 0 Å². The lowest BCUT2D eigenvalue weighted by molar-refractivity contribution is 0.312. The van der Waals surface area contributed by atoms with E-state index in [0.29, 0.717) is 13.1 Å². The van der Waals surface area contributed by atoms with E-state index in [2.05, 4.69) is 30.1 Å². The lowest BCUT2D eigenvalue weighted by Crippen LogP contribution is -2.39. The zero-order valence-corrected chi connectivity index (χ0v) is 16.9. The van der Waals surface area contributed by atoms with Crippen molar-refractivity contribution in [3.63, 3.8) is 0 Å². The Bertz CT molecular complexity index is 1090. The van der Waals surface area contributed by atoms with Gasteiger partial charge in [-0.15, -0.1) is 0 Å². The van der Waals surface area contributed by atoms with Crippen molar-refractivity contribution < 1.29 is 8.42 Å². The van der Waals surface area contributed by atoms with Gasteiger partial charge in [-0.25, -0.2) is 13.4 Å². The zero-order chi connectivity index (χ0) is 19.7. The van der Waals surface area contributed by atoms with Crippen molar-refractivity contribution in [2.24, 2.45) is 7.05 Å². The largest absolute Gasteiger partial charge is 0.339 e. The van der Waals surface area contributed by atoms with Crippen molar-refractivity contribution in [1.29, 1.82) is 0 Å². The first kappa shape index (κ1) is 18.8. The predicted molar refractivity (Wildman–Crippen MR) is 108 cm³/mol. The molecule has 1 fully saturated rings. The van der Waals surface area contributed by atoms with Crippen LogP contribution in [0.2, 0.25) is 0 Å². The van der Waals surface area contributed by atoms with Crippen LogP contribution in [0.25, 0.3) is 11.3 Å². The van der Waals surface area contributed by atoms with Gasteiger partial charge in [-0.2, -0.15) is 4.31 Å². The van der Waals surface area contributed by atoms with E-state index in [9.17, 15) is 8.42 Å². The predicted octanol–water partition coefficient (Wildman–Crippen LogP) is 3.36. The van der Waals surface area contributed by atoms with Gasteiger partial charge in [0.05, 0.1) is 12.0 Å². The fourth-order valence-electron chi connectivity index (χ4n) is 3.70. The average molecular weight is 397 g/mol. The normalized spacial score (nSPS) is 18.3. The van der Waals surface area contributed by atoms with Gasteiger partial charge in [0, 0.05) is 43.5 Å². The molecule has 1 unspecified atom stereocenters. The van der Waals surface area contributed by atoms with Gasteiger partial charge in [-0.1, -0.05) is 29.8 Å². The van der Waals surface area contributed by atoms with Crippen LogP contribution < -0.4 is 0 Å². The molecule has 0 N–H and O–H groups in total. The van der Waals surface area contributed by atoms with Crippen LogP contribution in [0.4, 0.5) is 0 Å². The van der Waals surface area contributed by atoms with Crippen molar-refractivity contribution in [3.8, 4) is 11.3 Å². The third-order valence-corrected chi connectivity index (χ3v) is 6.92. The van der Waals surface area contributed by atoms with Crippen LogP contribution in [0.1, 0.15) is 30.0 Å². The van der Waals surface area contributed by atoms with Crippen molar-refractivity contribution in [3.05, 3.63) is 66.2 Å². The molecule has 146 valence electrons. The highest BCUT2D eigenvalue weighted by Crippen LogP contribution is 2.30. The summed E-state index contributed by atoms with van der Waals surface area (Å²) in [5.74, 6) is 0.0806. The topological polar surface area (TPSA) is 68.1 Å². The Kier molecular flexibility index (Phi) is 5.03. The van der Waals surface area contributed by atoms with Crippen molar-refractivity contribution in [2.75, 3.05) is 13.1 Å². The Morgan fingerprint density at radius 1 is 1.14 bits per heavy atom. The van der Waals surface area contributed by atoms with Gasteiger partial charge < -0.3 is 4.57 Å². The first-order valence-electron chi connectivity index (χ1n) is 9.45. The number of aromatic nitrogens is 3. The molecule has 1 atom stereocenters. The molecule has 0 spiro atoms. The van der Waals surface area contributed by atoms with Crippen LogP contribution in [0.5, 0.6) is 0 Å². The zero-order valence-electron chi connectivity index (χ0n) is 16.1. The van der Waals surface area contributed by atoms with E-state index in [-0.39, 0.29) is 10.9 Å². The van der Waals surface area contributed by atoms with Gasteiger partial charge in [0.25, 0.3) is 10.0 Å². The Morgan fingerprint density at radius 2 is 1.96 bits per heavy atom. The summed E-state index contributed by atoms with van der Waals surface area (Å²) in [5.41, 5.74) is 4.14. The quantitative estimate of drug-likeness (QED) is 0.678. The van der Waals surface area contributed by atoms with Crippen LogP contribution in [-0.2, 0) is 17.1 Å². The Balaban J connectivity index is 1.59. The average Bonchev–Trinajstić information content (AvgIpc) is 3.15. The minimum Gasteiger partial charge on any atom is -0.339 e. The van der Waals surface area contributed by atoms with E-state index in [1.54, 1.807) is 22.1 Å². The van der Waals surface area contributed by atoms with Crippen LogP contribution in [0.3, 0.4) is 0 Å². The Morgan fingerprint density at radius 3 is 2.71 bits per heavy atom. The van der Waals surface area contributed by atoms with Crippen LogP contribution in [-0.4, -0.2) is 40.3 Å². The highest BCUT2D eigenvalue weighted by molar-refractivity contribution is 7.89. The second-order valence-corrected chi connectivity index (χ2v) is 9.28. The molecule has 0 bridgehead atoms. The van der Waals surface area contributed by atoms with Gasteiger partial charge in [-0.3, -0.25) is 4.98 Å². The van der Waals surface area contributed by atoms with Gasteiger partial charge in [0.15, 0.2) is 5.03 Å². The second kappa shape index (κ2) is 7.48. The molecule has 1 aliphatic rings. The Hall–Kier alpha value is -2.51. The lowest BCUT2D eigenvalue weighted by Gasteiger charge is -2.31. The number of imidazole rings is 1. The summed E-state index contributed by atoms with van der Waals surface area (Å²) in [6.07, 6.45) is 4.81. The summed E-state index contributed by atoms with van der Waals surface area (Å²) in [6.45, 7) is 3.02. The molecule has 0 amide bonds. The number of benzene rings is 1. The molecule has 3 aromatic rings. The fraction of sp³-hybridized carbons (Fsp3) is 0.333.